The van der Waals surface area contributed by atoms with Crippen molar-refractivity contribution in [2.24, 2.45) is 0 Å². The van der Waals surface area contributed by atoms with E-state index in [4.69, 9.17) is 0 Å². The van der Waals surface area contributed by atoms with Crippen LogP contribution in [0.1, 0.15) is 0 Å². The van der Waals surface area contributed by atoms with E-state index in [9.17, 15) is 13.6 Å². The van der Waals surface area contributed by atoms with Gasteiger partial charge in [-0.25, -0.2) is 13.8 Å². The average Bonchev–Trinajstić information content (AvgIpc) is 3.22. The molecule has 4 rings (SSSR count). The molecule has 0 N–H and O–H groups in total. The number of alkyl halides is 2. The molecule has 1 aliphatic heterocycles. The summed E-state index contributed by atoms with van der Waals surface area (Å²) >= 11 is 0. The molecule has 28 heavy (non-hydrogen) atoms. The van der Waals surface area contributed by atoms with Gasteiger partial charge in [0.15, 0.2) is 0 Å². The largest absolute Gasteiger partial charge is 0.369 e. The van der Waals surface area contributed by atoms with Crippen molar-refractivity contribution in [3.05, 3.63) is 47.3 Å². The molecule has 148 valence electrons. The Hall–Kier alpha value is -2.88. The van der Waals surface area contributed by atoms with Crippen LogP contribution in [0.3, 0.4) is 0 Å². The van der Waals surface area contributed by atoms with Crippen LogP contribution >= 0.6 is 0 Å². The number of hydrogen-bond acceptors (Lipinski definition) is 6. The number of rotatable bonds is 6. The summed E-state index contributed by atoms with van der Waals surface area (Å²) in [5.41, 5.74) is 1.08. The quantitative estimate of drug-likeness (QED) is 0.628. The monoisotopic (exact) mass is 389 g/mol. The Bertz CT molecular complexity index is 981. The lowest BCUT2D eigenvalue weighted by Gasteiger charge is -2.36. The predicted octanol–water partition coefficient (Wildman–Crippen LogP) is 1.08. The zero-order chi connectivity index (χ0) is 19.5. The topological polar surface area (TPSA) is 72.1 Å². The van der Waals surface area contributed by atoms with Crippen LogP contribution < -0.4 is 10.5 Å². The first-order chi connectivity index (χ1) is 13.6. The minimum absolute atomic E-state index is 0.360. The van der Waals surface area contributed by atoms with Gasteiger partial charge in [0.2, 0.25) is 0 Å². The van der Waals surface area contributed by atoms with Crippen molar-refractivity contribution in [2.45, 2.75) is 19.5 Å². The summed E-state index contributed by atoms with van der Waals surface area (Å²) in [5.74, 6) is 0. The zero-order valence-corrected chi connectivity index (χ0v) is 15.3. The molecule has 0 radical (unpaired) electrons. The van der Waals surface area contributed by atoms with Crippen molar-refractivity contribution in [1.29, 1.82) is 0 Å². The second kappa shape index (κ2) is 8.01. The maximum atomic E-state index is 12.6. The lowest BCUT2D eigenvalue weighted by molar-refractivity contribution is 0.125. The fraction of sp³-hybridized carbons (Fsp3) is 0.444. The van der Waals surface area contributed by atoms with Crippen LogP contribution in [0.15, 0.2) is 41.7 Å². The lowest BCUT2D eigenvalue weighted by Crippen LogP contribution is -2.47. The molecular formula is C18H21F2N7O. The summed E-state index contributed by atoms with van der Waals surface area (Å²) in [6.07, 6.45) is 2.14. The van der Waals surface area contributed by atoms with E-state index in [0.717, 1.165) is 49.5 Å². The molecule has 1 saturated heterocycles. The summed E-state index contributed by atoms with van der Waals surface area (Å²) in [5, 5.41) is 8.14. The number of benzene rings is 1. The van der Waals surface area contributed by atoms with Crippen LogP contribution in [0, 0.1) is 0 Å². The van der Waals surface area contributed by atoms with Gasteiger partial charge in [0.1, 0.15) is 0 Å². The van der Waals surface area contributed by atoms with Crippen molar-refractivity contribution < 1.29 is 8.78 Å². The lowest BCUT2D eigenvalue weighted by atomic mass is 10.2. The first-order valence-electron chi connectivity index (χ1n) is 9.19. The molecule has 0 atom stereocenters. The van der Waals surface area contributed by atoms with Gasteiger partial charge in [-0.15, -0.1) is 5.10 Å². The number of aromatic nitrogens is 5. The van der Waals surface area contributed by atoms with Crippen LogP contribution in [0.4, 0.5) is 14.5 Å². The average molecular weight is 389 g/mol. The third kappa shape index (κ3) is 4.01. The minimum Gasteiger partial charge on any atom is -0.369 e. The molecule has 0 amide bonds. The van der Waals surface area contributed by atoms with Crippen LogP contribution in [0.25, 0.3) is 10.9 Å². The van der Waals surface area contributed by atoms with E-state index in [-0.39, 0.29) is 0 Å². The maximum absolute atomic E-state index is 12.6. The highest BCUT2D eigenvalue weighted by molar-refractivity contribution is 5.81. The van der Waals surface area contributed by atoms with E-state index in [1.54, 1.807) is 12.3 Å². The number of fused-ring (bicyclic) bond motifs is 1. The highest BCUT2D eigenvalue weighted by atomic mass is 19.3. The standard InChI is InChI=1S/C18H21F2N7O/c19-17(20)12-26-13-21-16-11-14(1-2-15(16)18(26)28)25-8-5-24(6-9-25)7-10-27-4-3-22-23-27/h1-4,11,13,17H,5-10,12H2. The molecule has 3 aromatic rings. The van der Waals surface area contributed by atoms with Crippen molar-refractivity contribution in [3.8, 4) is 0 Å². The van der Waals surface area contributed by atoms with Gasteiger partial charge in [-0.2, -0.15) is 0 Å². The van der Waals surface area contributed by atoms with E-state index < -0.39 is 18.5 Å². The first-order valence-corrected chi connectivity index (χ1v) is 9.19. The molecule has 3 heterocycles. The van der Waals surface area contributed by atoms with Crippen molar-refractivity contribution in [1.82, 2.24) is 29.4 Å². The molecule has 2 aromatic heterocycles. The zero-order valence-electron chi connectivity index (χ0n) is 15.3. The normalized spacial score (nSPS) is 15.6. The summed E-state index contributed by atoms with van der Waals surface area (Å²) < 4.78 is 27.9. The molecular weight excluding hydrogens is 368 g/mol. The molecule has 0 bridgehead atoms. The van der Waals surface area contributed by atoms with Gasteiger partial charge >= 0.3 is 0 Å². The van der Waals surface area contributed by atoms with Gasteiger partial charge in [0, 0.05) is 44.6 Å². The van der Waals surface area contributed by atoms with E-state index in [2.05, 4.69) is 25.1 Å². The molecule has 8 nitrogen and oxygen atoms in total. The molecule has 0 spiro atoms. The molecule has 1 fully saturated rings. The second-order valence-electron chi connectivity index (χ2n) is 6.79. The first kappa shape index (κ1) is 18.5. The van der Waals surface area contributed by atoms with Crippen molar-refractivity contribution in [2.75, 3.05) is 37.6 Å². The molecule has 0 aliphatic carbocycles. The molecule has 0 unspecified atom stereocenters. The molecule has 1 aromatic carbocycles. The number of piperazine rings is 1. The van der Waals surface area contributed by atoms with Crippen molar-refractivity contribution in [3.63, 3.8) is 0 Å². The Labute approximate surface area is 160 Å². The third-order valence-electron chi connectivity index (χ3n) is 5.00. The smallest absolute Gasteiger partial charge is 0.261 e. The summed E-state index contributed by atoms with van der Waals surface area (Å²) in [6.45, 7) is 4.67. The van der Waals surface area contributed by atoms with Gasteiger partial charge in [-0.1, -0.05) is 5.21 Å². The van der Waals surface area contributed by atoms with E-state index in [0.29, 0.717) is 10.9 Å². The van der Waals surface area contributed by atoms with E-state index in [1.807, 2.05) is 23.0 Å². The number of halogens is 2. The van der Waals surface area contributed by atoms with Crippen molar-refractivity contribution >= 4 is 16.6 Å². The van der Waals surface area contributed by atoms with E-state index in [1.165, 1.54) is 6.33 Å². The fourth-order valence-corrected chi connectivity index (χ4v) is 3.45. The minimum atomic E-state index is -2.59. The predicted molar refractivity (Wildman–Crippen MR) is 101 cm³/mol. The number of nitrogens with zero attached hydrogens (tertiary/aromatic N) is 7. The van der Waals surface area contributed by atoms with Crippen LogP contribution in [-0.4, -0.2) is 68.6 Å². The van der Waals surface area contributed by atoms with Gasteiger partial charge in [-0.05, 0) is 18.2 Å². The summed E-state index contributed by atoms with van der Waals surface area (Å²) in [7, 11) is 0. The van der Waals surface area contributed by atoms with Gasteiger partial charge in [-0.3, -0.25) is 18.9 Å². The molecule has 10 heteroatoms. The van der Waals surface area contributed by atoms with Crippen LogP contribution in [0.2, 0.25) is 0 Å². The van der Waals surface area contributed by atoms with Gasteiger partial charge in [0.25, 0.3) is 12.0 Å². The Morgan fingerprint density at radius 3 is 2.64 bits per heavy atom. The van der Waals surface area contributed by atoms with Crippen LogP contribution in [0.5, 0.6) is 0 Å². The SMILES string of the molecule is O=c1c2ccc(N3CCN(CCn4ccnn4)CC3)cc2ncn1CC(F)F. The highest BCUT2D eigenvalue weighted by Crippen LogP contribution is 2.20. The number of anilines is 1. The highest BCUT2D eigenvalue weighted by Gasteiger charge is 2.18. The summed E-state index contributed by atoms with van der Waals surface area (Å²) in [6, 6.07) is 5.40. The Morgan fingerprint density at radius 2 is 1.93 bits per heavy atom. The molecule has 1 aliphatic rings. The third-order valence-corrected chi connectivity index (χ3v) is 5.00. The second-order valence-corrected chi connectivity index (χ2v) is 6.79. The Balaban J connectivity index is 1.41. The summed E-state index contributed by atoms with van der Waals surface area (Å²) in [4.78, 5) is 21.1. The maximum Gasteiger partial charge on any atom is 0.261 e. The van der Waals surface area contributed by atoms with Gasteiger partial charge in [0.05, 0.1) is 36.5 Å². The Morgan fingerprint density at radius 1 is 1.11 bits per heavy atom. The van der Waals surface area contributed by atoms with Gasteiger partial charge < -0.3 is 4.90 Å². The van der Waals surface area contributed by atoms with E-state index >= 15 is 0 Å². The fourth-order valence-electron chi connectivity index (χ4n) is 3.45. The number of hydrogen-bond donors (Lipinski definition) is 0. The van der Waals surface area contributed by atoms with Crippen LogP contribution in [-0.2, 0) is 13.1 Å². The Kier molecular flexibility index (Phi) is 5.29. The molecule has 0 saturated carbocycles.